The van der Waals surface area contributed by atoms with E-state index in [2.05, 4.69) is 15.3 Å². The Morgan fingerprint density at radius 1 is 1.33 bits per heavy atom. The molecule has 4 aromatic rings. The van der Waals surface area contributed by atoms with Gasteiger partial charge in [0, 0.05) is 47.6 Å². The van der Waals surface area contributed by atoms with Gasteiger partial charge in [0.1, 0.15) is 12.6 Å². The van der Waals surface area contributed by atoms with E-state index < -0.39 is 12.0 Å². The second kappa shape index (κ2) is 8.11. The number of benzene rings is 1. The fourth-order valence-corrected chi connectivity index (χ4v) is 4.27. The van der Waals surface area contributed by atoms with E-state index in [1.165, 1.54) is 28.7 Å². The first kappa shape index (κ1) is 19.8. The van der Waals surface area contributed by atoms with Crippen LogP contribution in [0, 0.1) is 6.92 Å². The van der Waals surface area contributed by atoms with Gasteiger partial charge in [0.15, 0.2) is 4.96 Å². The lowest BCUT2D eigenvalue weighted by molar-refractivity contribution is -0.149. The predicted molar refractivity (Wildman–Crippen MR) is 113 cm³/mol. The number of thiazole rings is 1. The van der Waals surface area contributed by atoms with Gasteiger partial charge in [-0.15, -0.1) is 11.3 Å². The third-order valence-electron chi connectivity index (χ3n) is 4.75. The summed E-state index contributed by atoms with van der Waals surface area (Å²) in [6.45, 7) is 3.03. The van der Waals surface area contributed by atoms with Gasteiger partial charge in [-0.05, 0) is 18.6 Å². The number of hydrogen-bond donors (Lipinski definition) is 2. The molecule has 3 heterocycles. The number of para-hydroxylation sites is 1. The van der Waals surface area contributed by atoms with Gasteiger partial charge in [-0.2, -0.15) is 0 Å². The van der Waals surface area contributed by atoms with Gasteiger partial charge in [-0.1, -0.05) is 18.2 Å². The monoisotopic (exact) mass is 424 g/mol. The number of rotatable bonds is 6. The second-order valence-electron chi connectivity index (χ2n) is 7.01. The molecule has 30 heavy (non-hydrogen) atoms. The van der Waals surface area contributed by atoms with Crippen LogP contribution in [-0.4, -0.2) is 32.3 Å². The normalized spacial score (nSPS) is 12.2. The summed E-state index contributed by atoms with van der Waals surface area (Å²) in [6.07, 6.45) is 2.10. The number of aryl methyl sites for hydroxylation is 1. The highest BCUT2D eigenvalue weighted by atomic mass is 32.1. The summed E-state index contributed by atoms with van der Waals surface area (Å²) in [4.78, 5) is 44.7. The molecule has 154 valence electrons. The minimum Gasteiger partial charge on any atom is -0.458 e. The molecule has 8 nitrogen and oxygen atoms in total. The molecule has 0 aliphatic heterocycles. The van der Waals surface area contributed by atoms with Crippen molar-refractivity contribution in [3.05, 3.63) is 69.2 Å². The molecule has 0 fully saturated rings. The number of amides is 1. The van der Waals surface area contributed by atoms with Crippen LogP contribution in [0.3, 0.4) is 0 Å². The molecule has 0 aliphatic carbocycles. The van der Waals surface area contributed by atoms with Crippen LogP contribution in [0.1, 0.15) is 23.9 Å². The maximum atomic E-state index is 12.7. The Kier molecular flexibility index (Phi) is 5.37. The van der Waals surface area contributed by atoms with Crippen molar-refractivity contribution in [1.29, 1.82) is 0 Å². The zero-order valence-electron chi connectivity index (χ0n) is 16.5. The van der Waals surface area contributed by atoms with Gasteiger partial charge >= 0.3 is 5.97 Å². The van der Waals surface area contributed by atoms with Gasteiger partial charge in [0.05, 0.1) is 5.69 Å². The van der Waals surface area contributed by atoms with Gasteiger partial charge in [-0.3, -0.25) is 14.0 Å². The molecular weight excluding hydrogens is 404 g/mol. The molecule has 0 bridgehead atoms. The number of esters is 1. The van der Waals surface area contributed by atoms with Crippen LogP contribution in [0.25, 0.3) is 15.9 Å². The molecule has 4 rings (SSSR count). The molecule has 9 heteroatoms. The molecule has 0 radical (unpaired) electrons. The molecule has 1 atom stereocenters. The lowest BCUT2D eigenvalue weighted by Crippen LogP contribution is -2.42. The minimum atomic E-state index is -0.851. The standard InChI is InChI=1S/C21H20N4O4S/c1-12-11-30-21-24-15(8-19(27)25(12)21)10-29-20(28)18(23-13(2)26)7-14-9-22-17-6-4-3-5-16(14)17/h3-6,8-9,11,18,22H,7,10H2,1-2H3,(H,23,26)/t18-/m0/s1. The number of hydrogen-bond acceptors (Lipinski definition) is 6. The van der Waals surface area contributed by atoms with Crippen LogP contribution in [-0.2, 0) is 27.4 Å². The Morgan fingerprint density at radius 3 is 2.93 bits per heavy atom. The highest BCUT2D eigenvalue weighted by Gasteiger charge is 2.23. The molecule has 0 spiro atoms. The first-order valence-corrected chi connectivity index (χ1v) is 10.3. The van der Waals surface area contributed by atoms with Crippen LogP contribution in [0.5, 0.6) is 0 Å². The molecule has 0 saturated heterocycles. The number of nitrogens with one attached hydrogen (secondary N) is 2. The third kappa shape index (κ3) is 3.97. The molecule has 0 unspecified atom stereocenters. The van der Waals surface area contributed by atoms with Crippen molar-refractivity contribution in [2.45, 2.75) is 32.9 Å². The van der Waals surface area contributed by atoms with Crippen LogP contribution < -0.4 is 10.9 Å². The summed E-state index contributed by atoms with van der Waals surface area (Å²) in [5.41, 5.74) is 2.80. The van der Waals surface area contributed by atoms with Gasteiger partial charge < -0.3 is 15.0 Å². The summed E-state index contributed by atoms with van der Waals surface area (Å²) in [5, 5.41) is 5.47. The van der Waals surface area contributed by atoms with E-state index in [-0.39, 0.29) is 24.5 Å². The number of nitrogens with zero attached hydrogens (tertiary/aromatic N) is 2. The topological polar surface area (TPSA) is 106 Å². The Balaban J connectivity index is 1.51. The zero-order valence-corrected chi connectivity index (χ0v) is 17.3. The Hall–Kier alpha value is -3.46. The van der Waals surface area contributed by atoms with E-state index >= 15 is 0 Å². The lowest BCUT2D eigenvalue weighted by atomic mass is 10.0. The molecule has 0 aliphatic rings. The summed E-state index contributed by atoms with van der Waals surface area (Å²) >= 11 is 1.35. The largest absolute Gasteiger partial charge is 0.458 e. The number of carbonyl (C=O) groups is 2. The second-order valence-corrected chi connectivity index (χ2v) is 7.84. The van der Waals surface area contributed by atoms with Crippen molar-refractivity contribution >= 4 is 39.1 Å². The number of ether oxygens (including phenoxy) is 1. The summed E-state index contributed by atoms with van der Waals surface area (Å²) < 4.78 is 6.90. The van der Waals surface area contributed by atoms with E-state index in [1.54, 1.807) is 0 Å². The molecule has 2 N–H and O–H groups in total. The smallest absolute Gasteiger partial charge is 0.329 e. The van der Waals surface area contributed by atoms with E-state index in [9.17, 15) is 14.4 Å². The van der Waals surface area contributed by atoms with Crippen LogP contribution >= 0.6 is 11.3 Å². The molecule has 1 amide bonds. The Morgan fingerprint density at radius 2 is 2.13 bits per heavy atom. The maximum absolute atomic E-state index is 12.7. The van der Waals surface area contributed by atoms with E-state index in [0.29, 0.717) is 10.7 Å². The summed E-state index contributed by atoms with van der Waals surface area (Å²) in [7, 11) is 0. The van der Waals surface area contributed by atoms with Crippen molar-refractivity contribution in [3.63, 3.8) is 0 Å². The number of aromatic nitrogens is 3. The molecule has 0 saturated carbocycles. The fraction of sp³-hybridized carbons (Fsp3) is 0.238. The van der Waals surface area contributed by atoms with Crippen molar-refractivity contribution < 1.29 is 14.3 Å². The highest BCUT2D eigenvalue weighted by molar-refractivity contribution is 7.15. The quantitative estimate of drug-likeness (QED) is 0.462. The van der Waals surface area contributed by atoms with E-state index in [0.717, 1.165) is 22.2 Å². The van der Waals surface area contributed by atoms with Crippen LogP contribution in [0.15, 0.2) is 46.7 Å². The molecule has 3 aromatic heterocycles. The Bertz CT molecular complexity index is 1300. The summed E-state index contributed by atoms with van der Waals surface area (Å²) in [6, 6.07) is 8.23. The van der Waals surface area contributed by atoms with Crippen molar-refractivity contribution in [1.82, 2.24) is 19.7 Å². The van der Waals surface area contributed by atoms with E-state index in [4.69, 9.17) is 4.74 Å². The average molecular weight is 424 g/mol. The number of fused-ring (bicyclic) bond motifs is 2. The number of H-pyrrole nitrogens is 1. The number of carbonyl (C=O) groups excluding carboxylic acids is 2. The van der Waals surface area contributed by atoms with Gasteiger partial charge in [-0.25, -0.2) is 9.78 Å². The van der Waals surface area contributed by atoms with Crippen LogP contribution in [0.2, 0.25) is 0 Å². The first-order chi connectivity index (χ1) is 14.4. The molecule has 1 aromatic carbocycles. The van der Waals surface area contributed by atoms with Gasteiger partial charge in [0.25, 0.3) is 5.56 Å². The highest BCUT2D eigenvalue weighted by Crippen LogP contribution is 2.19. The van der Waals surface area contributed by atoms with E-state index in [1.807, 2.05) is 42.8 Å². The summed E-state index contributed by atoms with van der Waals surface area (Å²) in [5.74, 6) is -0.913. The Labute approximate surface area is 175 Å². The lowest BCUT2D eigenvalue weighted by Gasteiger charge is -2.16. The van der Waals surface area contributed by atoms with Crippen molar-refractivity contribution in [2.24, 2.45) is 0 Å². The fourth-order valence-electron chi connectivity index (χ4n) is 3.38. The third-order valence-corrected chi connectivity index (χ3v) is 5.70. The minimum absolute atomic E-state index is 0.147. The SMILES string of the molecule is CC(=O)N[C@@H](Cc1c[nH]c2ccccc12)C(=O)OCc1cc(=O)n2c(C)csc2n1. The average Bonchev–Trinajstić information content (AvgIpc) is 3.29. The maximum Gasteiger partial charge on any atom is 0.329 e. The number of aromatic amines is 1. The predicted octanol–water partition coefficient (Wildman–Crippen LogP) is 2.34. The first-order valence-electron chi connectivity index (χ1n) is 9.38. The van der Waals surface area contributed by atoms with Crippen LogP contribution in [0.4, 0.5) is 0 Å². The van der Waals surface area contributed by atoms with Crippen molar-refractivity contribution in [2.75, 3.05) is 0 Å². The molecular formula is C21H20N4O4S. The van der Waals surface area contributed by atoms with Gasteiger partial charge in [0.2, 0.25) is 5.91 Å². The van der Waals surface area contributed by atoms with Crippen molar-refractivity contribution in [3.8, 4) is 0 Å². The zero-order chi connectivity index (χ0) is 21.3.